The first-order valence-electron chi connectivity index (χ1n) is 6.33. The van der Waals surface area contributed by atoms with Gasteiger partial charge in [-0.3, -0.25) is 4.79 Å². The molecule has 1 rings (SSSR count). The van der Waals surface area contributed by atoms with Gasteiger partial charge in [-0.1, -0.05) is 11.6 Å². The van der Waals surface area contributed by atoms with E-state index in [4.69, 9.17) is 16.7 Å². The van der Waals surface area contributed by atoms with E-state index in [1.165, 1.54) is 0 Å². The van der Waals surface area contributed by atoms with Crippen molar-refractivity contribution >= 4 is 33.2 Å². The summed E-state index contributed by atoms with van der Waals surface area (Å²) < 4.78 is 63.4. The number of rotatable bonds is 6. The first-order valence-corrected chi connectivity index (χ1v) is 8.19. The van der Waals surface area contributed by atoms with Crippen molar-refractivity contribution in [2.24, 2.45) is 0 Å². The van der Waals surface area contributed by atoms with Gasteiger partial charge in [0.15, 0.2) is 0 Å². The number of hydrogen-bond acceptors (Lipinski definition) is 5. The molecule has 0 bridgehead atoms. The highest BCUT2D eigenvalue weighted by molar-refractivity contribution is 7.89. The maximum Gasteiger partial charge on any atom is 0.426 e. The van der Waals surface area contributed by atoms with Crippen LogP contribution >= 0.6 is 11.6 Å². The number of aliphatic hydroxyl groups is 2. The summed E-state index contributed by atoms with van der Waals surface area (Å²) in [6.07, 6.45) is -5.21. The average Bonchev–Trinajstić information content (AvgIpc) is 2.45. The molecule has 0 unspecified atom stereocenters. The summed E-state index contributed by atoms with van der Waals surface area (Å²) in [6.45, 7) is -0.408. The van der Waals surface area contributed by atoms with E-state index in [0.717, 1.165) is 18.2 Å². The van der Waals surface area contributed by atoms with Gasteiger partial charge in [0.25, 0.3) is 5.91 Å². The van der Waals surface area contributed by atoms with Crippen LogP contribution < -0.4 is 10.0 Å². The van der Waals surface area contributed by atoms with Crippen LogP contribution in [0, 0.1) is 0 Å². The normalized spacial score (nSPS) is 15.0. The second kappa shape index (κ2) is 7.23. The molecule has 136 valence electrons. The Morgan fingerprint density at radius 3 is 2.38 bits per heavy atom. The van der Waals surface area contributed by atoms with Crippen LogP contribution in [0.1, 0.15) is 6.92 Å². The fraction of sp³-hybridized carbons (Fsp3) is 0.417. The molecule has 24 heavy (non-hydrogen) atoms. The highest BCUT2D eigenvalue weighted by Gasteiger charge is 2.55. The molecule has 0 saturated heterocycles. The van der Waals surface area contributed by atoms with E-state index < -0.39 is 34.3 Å². The maximum absolute atomic E-state index is 12.6. The molecular formula is C12H14ClF3N2O5S. The maximum atomic E-state index is 12.6. The Morgan fingerprint density at radius 2 is 1.92 bits per heavy atom. The molecule has 0 radical (unpaired) electrons. The zero-order valence-electron chi connectivity index (χ0n) is 12.2. The van der Waals surface area contributed by atoms with E-state index in [1.54, 1.807) is 5.32 Å². The number of carbonyl (C=O) groups excluding carboxylic acids is 1. The zero-order valence-corrected chi connectivity index (χ0v) is 13.8. The van der Waals surface area contributed by atoms with Gasteiger partial charge in [0.2, 0.25) is 15.6 Å². The van der Waals surface area contributed by atoms with E-state index in [-0.39, 0.29) is 29.1 Å². The Hall–Kier alpha value is -1.40. The standard InChI is InChI=1S/C12H14ClF3N2O5S/c1-11(21,12(14,15)16)10(20)18-9-3-2-7(6-8(9)13)24(22,23)17-4-5-19/h2-3,6,17,19,21H,4-5H2,1H3,(H,18,20)/t11-/m1/s1. The Kier molecular flexibility index (Phi) is 6.22. The highest BCUT2D eigenvalue weighted by atomic mass is 35.5. The van der Waals surface area contributed by atoms with Crippen molar-refractivity contribution in [2.45, 2.75) is 23.6 Å². The van der Waals surface area contributed by atoms with Gasteiger partial charge in [0.1, 0.15) is 0 Å². The molecule has 0 heterocycles. The summed E-state index contributed by atoms with van der Waals surface area (Å²) in [4.78, 5) is 11.2. The SMILES string of the molecule is C[C@@](O)(C(=O)Nc1ccc(S(=O)(=O)NCCO)cc1Cl)C(F)(F)F. The predicted octanol–water partition coefficient (Wildman–Crippen LogP) is 0.862. The summed E-state index contributed by atoms with van der Waals surface area (Å²) in [7, 11) is -3.98. The van der Waals surface area contributed by atoms with Gasteiger partial charge in [-0.05, 0) is 25.1 Å². The van der Waals surface area contributed by atoms with Crippen LogP contribution in [0.4, 0.5) is 18.9 Å². The van der Waals surface area contributed by atoms with Crippen LogP contribution in [-0.4, -0.2) is 49.5 Å². The van der Waals surface area contributed by atoms with Crippen LogP contribution in [0.15, 0.2) is 23.1 Å². The monoisotopic (exact) mass is 390 g/mol. The number of halogens is 4. The molecule has 0 spiro atoms. The van der Waals surface area contributed by atoms with Gasteiger partial charge in [0.05, 0.1) is 22.2 Å². The zero-order chi connectivity index (χ0) is 18.8. The number of sulfonamides is 1. The third-order valence-electron chi connectivity index (χ3n) is 2.90. The number of nitrogens with one attached hydrogen (secondary N) is 2. The third kappa shape index (κ3) is 4.57. The van der Waals surface area contributed by atoms with Gasteiger partial charge in [-0.25, -0.2) is 13.1 Å². The van der Waals surface area contributed by atoms with Crippen molar-refractivity contribution < 1.29 is 36.6 Å². The lowest BCUT2D eigenvalue weighted by Crippen LogP contribution is -2.52. The minimum atomic E-state index is -5.21. The first kappa shape index (κ1) is 20.6. The molecule has 1 amide bonds. The minimum Gasteiger partial charge on any atom is -0.395 e. The van der Waals surface area contributed by atoms with Crippen molar-refractivity contribution in [1.29, 1.82) is 0 Å². The van der Waals surface area contributed by atoms with Crippen LogP contribution in [0.25, 0.3) is 0 Å². The average molecular weight is 391 g/mol. The van der Waals surface area contributed by atoms with Crippen molar-refractivity contribution in [1.82, 2.24) is 4.72 Å². The lowest BCUT2D eigenvalue weighted by Gasteiger charge is -2.25. The summed E-state index contributed by atoms with van der Waals surface area (Å²) in [5, 5.41) is 19.3. The molecule has 0 saturated carbocycles. The van der Waals surface area contributed by atoms with E-state index in [1.807, 2.05) is 4.72 Å². The van der Waals surface area contributed by atoms with Crippen molar-refractivity contribution in [3.05, 3.63) is 23.2 Å². The number of aliphatic hydroxyl groups excluding tert-OH is 1. The quantitative estimate of drug-likeness (QED) is 0.575. The molecule has 1 aromatic carbocycles. The Bertz CT molecular complexity index is 722. The number of anilines is 1. The van der Waals surface area contributed by atoms with Crippen LogP contribution in [0.2, 0.25) is 5.02 Å². The number of alkyl halides is 3. The fourth-order valence-electron chi connectivity index (χ4n) is 1.40. The van der Waals surface area contributed by atoms with Crippen LogP contribution in [-0.2, 0) is 14.8 Å². The second-order valence-electron chi connectivity index (χ2n) is 4.79. The first-order chi connectivity index (χ1) is 10.8. The molecule has 0 fully saturated rings. The molecule has 0 aliphatic rings. The number of carbonyl (C=O) groups is 1. The molecule has 0 aliphatic carbocycles. The summed E-state index contributed by atoms with van der Waals surface area (Å²) in [5.41, 5.74) is -3.96. The molecule has 0 aliphatic heterocycles. The van der Waals surface area contributed by atoms with Crippen LogP contribution in [0.5, 0.6) is 0 Å². The predicted molar refractivity (Wildman–Crippen MR) is 79.0 cm³/mol. The molecule has 0 aromatic heterocycles. The van der Waals surface area contributed by atoms with E-state index in [0.29, 0.717) is 0 Å². The van der Waals surface area contributed by atoms with E-state index in [9.17, 15) is 31.5 Å². The van der Waals surface area contributed by atoms with Crippen molar-refractivity contribution in [3.8, 4) is 0 Å². The van der Waals surface area contributed by atoms with Gasteiger partial charge < -0.3 is 15.5 Å². The van der Waals surface area contributed by atoms with Crippen molar-refractivity contribution in [2.75, 3.05) is 18.5 Å². The Labute approximate surface area is 140 Å². The third-order valence-corrected chi connectivity index (χ3v) is 4.67. The van der Waals surface area contributed by atoms with E-state index >= 15 is 0 Å². The topological polar surface area (TPSA) is 116 Å². The molecule has 7 nitrogen and oxygen atoms in total. The smallest absolute Gasteiger partial charge is 0.395 e. The summed E-state index contributed by atoms with van der Waals surface area (Å²) >= 11 is 5.76. The Morgan fingerprint density at radius 1 is 1.33 bits per heavy atom. The number of benzene rings is 1. The fourth-order valence-corrected chi connectivity index (χ4v) is 2.74. The lowest BCUT2D eigenvalue weighted by molar-refractivity contribution is -0.242. The van der Waals surface area contributed by atoms with Crippen LogP contribution in [0.3, 0.4) is 0 Å². The van der Waals surface area contributed by atoms with Gasteiger partial charge in [-0.15, -0.1) is 0 Å². The second-order valence-corrected chi connectivity index (χ2v) is 6.96. The number of amides is 1. The number of hydrogen-bond donors (Lipinski definition) is 4. The summed E-state index contributed by atoms with van der Waals surface area (Å²) in [6, 6.07) is 2.86. The summed E-state index contributed by atoms with van der Waals surface area (Å²) in [5.74, 6) is -1.77. The van der Waals surface area contributed by atoms with Gasteiger partial charge in [0, 0.05) is 6.54 Å². The lowest BCUT2D eigenvalue weighted by atomic mass is 10.1. The van der Waals surface area contributed by atoms with E-state index in [2.05, 4.69) is 0 Å². The Balaban J connectivity index is 3.04. The van der Waals surface area contributed by atoms with Crippen molar-refractivity contribution in [3.63, 3.8) is 0 Å². The molecule has 1 atom stereocenters. The van der Waals surface area contributed by atoms with Gasteiger partial charge in [-0.2, -0.15) is 13.2 Å². The highest BCUT2D eigenvalue weighted by Crippen LogP contribution is 2.32. The molecular weight excluding hydrogens is 377 g/mol. The minimum absolute atomic E-state index is 0.243. The molecule has 1 aromatic rings. The van der Waals surface area contributed by atoms with Gasteiger partial charge >= 0.3 is 6.18 Å². The molecule has 12 heteroatoms. The molecule has 4 N–H and O–H groups in total. The largest absolute Gasteiger partial charge is 0.426 e.